The molecule has 1 saturated heterocycles. The number of carbonyl (C=O) groups excluding carboxylic acids is 1. The fourth-order valence-corrected chi connectivity index (χ4v) is 2.52. The first-order chi connectivity index (χ1) is 7.17. The molecule has 1 amide bonds. The van der Waals surface area contributed by atoms with Gasteiger partial charge in [-0.15, -0.1) is 0 Å². The SMILES string of the molecule is CCC1NC(C)C(=O)N1C1CC(OC)C1. The molecule has 2 unspecified atom stereocenters. The Labute approximate surface area is 91.0 Å². The van der Waals surface area contributed by atoms with Gasteiger partial charge in [-0.2, -0.15) is 0 Å². The normalized spacial score (nSPS) is 40.7. The van der Waals surface area contributed by atoms with Gasteiger partial charge in [-0.05, 0) is 26.2 Å². The van der Waals surface area contributed by atoms with Crippen molar-refractivity contribution >= 4 is 5.91 Å². The van der Waals surface area contributed by atoms with Gasteiger partial charge in [-0.3, -0.25) is 10.1 Å². The first-order valence-corrected chi connectivity index (χ1v) is 5.78. The summed E-state index contributed by atoms with van der Waals surface area (Å²) in [7, 11) is 1.74. The second-order valence-electron chi connectivity index (χ2n) is 4.54. The van der Waals surface area contributed by atoms with E-state index in [1.165, 1.54) is 0 Å². The average Bonchev–Trinajstić information content (AvgIpc) is 2.44. The molecule has 0 bridgehead atoms. The minimum absolute atomic E-state index is 0.0171. The number of carbonyl (C=O) groups is 1. The van der Waals surface area contributed by atoms with Crippen molar-refractivity contribution in [2.24, 2.45) is 0 Å². The van der Waals surface area contributed by atoms with Crippen molar-refractivity contribution in [2.75, 3.05) is 7.11 Å². The van der Waals surface area contributed by atoms with Crippen LogP contribution in [-0.2, 0) is 9.53 Å². The maximum atomic E-state index is 11.9. The molecule has 2 fully saturated rings. The molecule has 2 atom stereocenters. The smallest absolute Gasteiger partial charge is 0.240 e. The monoisotopic (exact) mass is 212 g/mol. The average molecular weight is 212 g/mol. The highest BCUT2D eigenvalue weighted by atomic mass is 16.5. The Kier molecular flexibility index (Phi) is 2.98. The highest BCUT2D eigenvalue weighted by molar-refractivity contribution is 5.84. The molecule has 4 heteroatoms. The summed E-state index contributed by atoms with van der Waals surface area (Å²) >= 11 is 0. The zero-order chi connectivity index (χ0) is 11.0. The zero-order valence-corrected chi connectivity index (χ0v) is 9.69. The van der Waals surface area contributed by atoms with E-state index in [1.807, 2.05) is 11.8 Å². The van der Waals surface area contributed by atoms with Gasteiger partial charge in [0.15, 0.2) is 0 Å². The minimum atomic E-state index is -0.0171. The quantitative estimate of drug-likeness (QED) is 0.749. The molecule has 1 heterocycles. The molecule has 0 aromatic carbocycles. The molecular formula is C11H20N2O2. The maximum Gasteiger partial charge on any atom is 0.240 e. The predicted octanol–water partition coefficient (Wildman–Crippen LogP) is 0.720. The van der Waals surface area contributed by atoms with Gasteiger partial charge in [-0.25, -0.2) is 0 Å². The predicted molar refractivity (Wildman–Crippen MR) is 57.3 cm³/mol. The summed E-state index contributed by atoms with van der Waals surface area (Å²) in [5.74, 6) is 0.251. The minimum Gasteiger partial charge on any atom is -0.381 e. The number of rotatable bonds is 3. The Hall–Kier alpha value is -0.610. The van der Waals surface area contributed by atoms with E-state index in [9.17, 15) is 4.79 Å². The van der Waals surface area contributed by atoms with E-state index in [2.05, 4.69) is 12.2 Å². The third kappa shape index (κ3) is 1.76. The highest BCUT2D eigenvalue weighted by Crippen LogP contribution is 2.31. The van der Waals surface area contributed by atoms with Crippen LogP contribution < -0.4 is 5.32 Å². The van der Waals surface area contributed by atoms with Crippen LogP contribution in [0.4, 0.5) is 0 Å². The van der Waals surface area contributed by atoms with Crippen LogP contribution in [0.1, 0.15) is 33.1 Å². The van der Waals surface area contributed by atoms with E-state index in [-0.39, 0.29) is 18.1 Å². The van der Waals surface area contributed by atoms with Gasteiger partial charge in [0, 0.05) is 13.2 Å². The first kappa shape index (κ1) is 10.9. The largest absolute Gasteiger partial charge is 0.381 e. The Bertz CT molecular complexity index is 251. The fourth-order valence-electron chi connectivity index (χ4n) is 2.52. The molecular weight excluding hydrogens is 192 g/mol. The van der Waals surface area contributed by atoms with Crippen molar-refractivity contribution in [3.05, 3.63) is 0 Å². The van der Waals surface area contributed by atoms with Crippen LogP contribution in [0.25, 0.3) is 0 Å². The molecule has 0 aromatic rings. The Morgan fingerprint density at radius 1 is 1.53 bits per heavy atom. The molecule has 1 saturated carbocycles. The standard InChI is InChI=1S/C11H20N2O2/c1-4-10-12-7(2)11(14)13(10)8-5-9(6-8)15-3/h7-10,12H,4-6H2,1-3H3. The van der Waals surface area contributed by atoms with Crippen molar-refractivity contribution in [1.29, 1.82) is 0 Å². The number of ether oxygens (including phenoxy) is 1. The lowest BCUT2D eigenvalue weighted by molar-refractivity contribution is -0.137. The molecule has 1 aliphatic heterocycles. The Morgan fingerprint density at radius 2 is 2.20 bits per heavy atom. The molecule has 15 heavy (non-hydrogen) atoms. The number of amides is 1. The fraction of sp³-hybridized carbons (Fsp3) is 0.909. The lowest BCUT2D eigenvalue weighted by atomic mass is 9.87. The molecule has 2 aliphatic rings. The van der Waals surface area contributed by atoms with Crippen molar-refractivity contribution < 1.29 is 9.53 Å². The maximum absolute atomic E-state index is 11.9. The molecule has 2 rings (SSSR count). The van der Waals surface area contributed by atoms with Crippen LogP contribution in [0.5, 0.6) is 0 Å². The van der Waals surface area contributed by atoms with Crippen LogP contribution in [0.3, 0.4) is 0 Å². The van der Waals surface area contributed by atoms with Crippen LogP contribution >= 0.6 is 0 Å². The molecule has 1 aliphatic carbocycles. The highest BCUT2D eigenvalue weighted by Gasteiger charge is 2.44. The van der Waals surface area contributed by atoms with Crippen LogP contribution in [0, 0.1) is 0 Å². The number of hydrogen-bond acceptors (Lipinski definition) is 3. The van der Waals surface area contributed by atoms with Crippen LogP contribution in [-0.4, -0.2) is 42.3 Å². The number of nitrogens with one attached hydrogen (secondary N) is 1. The molecule has 0 aromatic heterocycles. The van der Waals surface area contributed by atoms with Crippen LogP contribution in [0.2, 0.25) is 0 Å². The van der Waals surface area contributed by atoms with Crippen molar-refractivity contribution in [3.8, 4) is 0 Å². The number of hydrogen-bond donors (Lipinski definition) is 1. The van der Waals surface area contributed by atoms with E-state index in [1.54, 1.807) is 7.11 Å². The topological polar surface area (TPSA) is 41.6 Å². The zero-order valence-electron chi connectivity index (χ0n) is 9.69. The van der Waals surface area contributed by atoms with Gasteiger partial charge >= 0.3 is 0 Å². The van der Waals surface area contributed by atoms with Gasteiger partial charge in [0.05, 0.1) is 18.3 Å². The summed E-state index contributed by atoms with van der Waals surface area (Å²) in [6, 6.07) is 0.376. The lowest BCUT2D eigenvalue weighted by Gasteiger charge is -2.42. The number of methoxy groups -OCH3 is 1. The number of nitrogens with zero attached hydrogens (tertiary/aromatic N) is 1. The van der Waals surface area contributed by atoms with E-state index in [0.29, 0.717) is 12.1 Å². The second-order valence-corrected chi connectivity index (χ2v) is 4.54. The van der Waals surface area contributed by atoms with Crippen molar-refractivity contribution in [2.45, 2.75) is 57.5 Å². The van der Waals surface area contributed by atoms with E-state index in [4.69, 9.17) is 4.74 Å². The van der Waals surface area contributed by atoms with Gasteiger partial charge in [0.25, 0.3) is 0 Å². The van der Waals surface area contributed by atoms with E-state index < -0.39 is 0 Å². The summed E-state index contributed by atoms with van der Waals surface area (Å²) in [4.78, 5) is 14.0. The van der Waals surface area contributed by atoms with Gasteiger partial charge in [-0.1, -0.05) is 6.92 Å². The summed E-state index contributed by atoms with van der Waals surface area (Å²) in [5.41, 5.74) is 0. The Morgan fingerprint density at radius 3 is 2.73 bits per heavy atom. The third-order valence-corrected chi connectivity index (χ3v) is 3.59. The molecule has 4 nitrogen and oxygen atoms in total. The second kappa shape index (κ2) is 4.10. The Balaban J connectivity index is 1.98. The van der Waals surface area contributed by atoms with Crippen molar-refractivity contribution in [1.82, 2.24) is 10.2 Å². The van der Waals surface area contributed by atoms with Gasteiger partial charge in [0.2, 0.25) is 5.91 Å². The molecule has 86 valence electrons. The lowest BCUT2D eigenvalue weighted by Crippen LogP contribution is -2.52. The summed E-state index contributed by atoms with van der Waals surface area (Å²) < 4.78 is 5.25. The summed E-state index contributed by atoms with van der Waals surface area (Å²) in [5, 5.41) is 3.32. The molecule has 0 spiro atoms. The summed E-state index contributed by atoms with van der Waals surface area (Å²) in [6.07, 6.45) is 3.55. The molecule has 0 radical (unpaired) electrons. The van der Waals surface area contributed by atoms with Gasteiger partial charge < -0.3 is 9.64 Å². The van der Waals surface area contributed by atoms with Gasteiger partial charge in [0.1, 0.15) is 0 Å². The summed E-state index contributed by atoms with van der Waals surface area (Å²) in [6.45, 7) is 4.06. The van der Waals surface area contributed by atoms with Crippen molar-refractivity contribution in [3.63, 3.8) is 0 Å². The van der Waals surface area contributed by atoms with E-state index in [0.717, 1.165) is 19.3 Å². The molecule has 1 N–H and O–H groups in total. The third-order valence-electron chi connectivity index (χ3n) is 3.59. The first-order valence-electron chi connectivity index (χ1n) is 5.78. The van der Waals surface area contributed by atoms with E-state index >= 15 is 0 Å². The van der Waals surface area contributed by atoms with Crippen LogP contribution in [0.15, 0.2) is 0 Å².